The van der Waals surface area contributed by atoms with Gasteiger partial charge in [0, 0.05) is 13.1 Å². The molecule has 0 aromatic heterocycles. The predicted molar refractivity (Wildman–Crippen MR) is 59.5 cm³/mol. The summed E-state index contributed by atoms with van der Waals surface area (Å²) in [5, 5.41) is 6.71. The molecule has 0 unspecified atom stereocenters. The molecular weight excluding hydrogens is 160 g/mol. The molecule has 0 radical (unpaired) electrons. The lowest BCUT2D eigenvalue weighted by molar-refractivity contribution is 1.04. The standard InChI is InChI=1S/C9H12N2.C2H6/c1-7-3-2-4-8-9(7)11-6-5-10-8;1-2/h2-4,10-11H,5-6H2,1H3;1-2H3. The molecule has 0 bridgehead atoms. The largest absolute Gasteiger partial charge is 0.382 e. The quantitative estimate of drug-likeness (QED) is 0.638. The van der Waals surface area contributed by atoms with Crippen LogP contribution in [0.2, 0.25) is 0 Å². The van der Waals surface area contributed by atoms with Crippen molar-refractivity contribution in [3.05, 3.63) is 23.8 Å². The van der Waals surface area contributed by atoms with Gasteiger partial charge in [0.1, 0.15) is 0 Å². The Labute approximate surface area is 80.4 Å². The minimum absolute atomic E-state index is 1.02. The van der Waals surface area contributed by atoms with Gasteiger partial charge in [0.25, 0.3) is 0 Å². The summed E-state index contributed by atoms with van der Waals surface area (Å²) in [7, 11) is 0. The van der Waals surface area contributed by atoms with E-state index in [1.165, 1.54) is 16.9 Å². The lowest BCUT2D eigenvalue weighted by atomic mass is 10.1. The van der Waals surface area contributed by atoms with Crippen molar-refractivity contribution in [1.82, 2.24) is 0 Å². The zero-order valence-electron chi connectivity index (χ0n) is 8.65. The van der Waals surface area contributed by atoms with Crippen LogP contribution >= 0.6 is 0 Å². The van der Waals surface area contributed by atoms with Crippen molar-refractivity contribution >= 4 is 11.4 Å². The van der Waals surface area contributed by atoms with Crippen LogP contribution in [0.1, 0.15) is 19.4 Å². The number of hydrogen-bond donors (Lipinski definition) is 2. The maximum Gasteiger partial charge on any atom is 0.0606 e. The number of fused-ring (bicyclic) bond motifs is 1. The second-order valence-corrected chi connectivity index (χ2v) is 2.85. The molecule has 2 rings (SSSR count). The van der Waals surface area contributed by atoms with Crippen molar-refractivity contribution in [2.75, 3.05) is 23.7 Å². The summed E-state index contributed by atoms with van der Waals surface area (Å²) < 4.78 is 0. The van der Waals surface area contributed by atoms with Crippen LogP contribution in [-0.2, 0) is 0 Å². The Morgan fingerprint density at radius 1 is 1.08 bits per heavy atom. The number of benzene rings is 1. The smallest absolute Gasteiger partial charge is 0.0606 e. The van der Waals surface area contributed by atoms with Crippen LogP contribution in [0.25, 0.3) is 0 Å². The van der Waals surface area contributed by atoms with Crippen molar-refractivity contribution in [3.8, 4) is 0 Å². The molecule has 0 fully saturated rings. The lowest BCUT2D eigenvalue weighted by Crippen LogP contribution is -2.20. The van der Waals surface area contributed by atoms with E-state index < -0.39 is 0 Å². The van der Waals surface area contributed by atoms with E-state index in [2.05, 4.69) is 35.8 Å². The zero-order valence-corrected chi connectivity index (χ0v) is 8.65. The third-order valence-electron chi connectivity index (χ3n) is 2.02. The van der Waals surface area contributed by atoms with E-state index in [9.17, 15) is 0 Å². The molecule has 2 heteroatoms. The molecule has 2 N–H and O–H groups in total. The van der Waals surface area contributed by atoms with Crippen molar-refractivity contribution in [2.45, 2.75) is 20.8 Å². The number of rotatable bonds is 0. The maximum atomic E-state index is 3.37. The van der Waals surface area contributed by atoms with Gasteiger partial charge in [0.15, 0.2) is 0 Å². The molecule has 1 aliphatic heterocycles. The molecule has 1 heterocycles. The molecule has 13 heavy (non-hydrogen) atoms. The first-order valence-corrected chi connectivity index (χ1v) is 4.95. The summed E-state index contributed by atoms with van der Waals surface area (Å²) in [5.41, 5.74) is 3.81. The highest BCUT2D eigenvalue weighted by Crippen LogP contribution is 2.26. The third kappa shape index (κ3) is 2.14. The van der Waals surface area contributed by atoms with E-state index in [4.69, 9.17) is 0 Å². The summed E-state index contributed by atoms with van der Waals surface area (Å²) in [6.07, 6.45) is 0. The van der Waals surface area contributed by atoms with Gasteiger partial charge in [-0.2, -0.15) is 0 Å². The molecule has 1 aromatic rings. The summed E-state index contributed by atoms with van der Waals surface area (Å²) in [4.78, 5) is 0. The molecule has 0 atom stereocenters. The molecule has 2 nitrogen and oxygen atoms in total. The van der Waals surface area contributed by atoms with E-state index >= 15 is 0 Å². The van der Waals surface area contributed by atoms with Crippen LogP contribution < -0.4 is 10.6 Å². The van der Waals surface area contributed by atoms with Crippen LogP contribution in [0.15, 0.2) is 18.2 Å². The number of anilines is 2. The second kappa shape index (κ2) is 4.75. The molecule has 0 saturated carbocycles. The fourth-order valence-corrected chi connectivity index (χ4v) is 1.43. The number of nitrogens with one attached hydrogen (secondary N) is 2. The average Bonchev–Trinajstić information content (AvgIpc) is 2.22. The highest BCUT2D eigenvalue weighted by molar-refractivity contribution is 5.73. The van der Waals surface area contributed by atoms with Crippen molar-refractivity contribution in [3.63, 3.8) is 0 Å². The number of para-hydroxylation sites is 1. The summed E-state index contributed by atoms with van der Waals surface area (Å²) in [5.74, 6) is 0. The SMILES string of the molecule is CC.Cc1cccc2c1NCCN2. The molecule has 0 spiro atoms. The van der Waals surface area contributed by atoms with E-state index in [1.54, 1.807) is 0 Å². The normalized spacial score (nSPS) is 12.8. The molecule has 0 amide bonds. The molecular formula is C11H18N2. The molecule has 72 valence electrons. The van der Waals surface area contributed by atoms with E-state index in [0.717, 1.165) is 13.1 Å². The average molecular weight is 178 g/mol. The van der Waals surface area contributed by atoms with Gasteiger partial charge in [0.2, 0.25) is 0 Å². The summed E-state index contributed by atoms with van der Waals surface area (Å²) >= 11 is 0. The zero-order chi connectivity index (χ0) is 9.68. The fraction of sp³-hybridized carbons (Fsp3) is 0.455. The lowest BCUT2D eigenvalue weighted by Gasteiger charge is -2.21. The second-order valence-electron chi connectivity index (χ2n) is 2.85. The number of aryl methyl sites for hydroxylation is 1. The Bertz CT molecular complexity index is 269. The number of hydrogen-bond acceptors (Lipinski definition) is 2. The molecule has 0 saturated heterocycles. The highest BCUT2D eigenvalue weighted by atomic mass is 15.0. The van der Waals surface area contributed by atoms with Crippen molar-refractivity contribution in [2.24, 2.45) is 0 Å². The van der Waals surface area contributed by atoms with Crippen LogP contribution in [0, 0.1) is 6.92 Å². The van der Waals surface area contributed by atoms with Gasteiger partial charge in [0.05, 0.1) is 11.4 Å². The topological polar surface area (TPSA) is 24.1 Å². The predicted octanol–water partition coefficient (Wildman–Crippen LogP) is 2.86. The van der Waals surface area contributed by atoms with Gasteiger partial charge in [-0.05, 0) is 18.6 Å². The van der Waals surface area contributed by atoms with Crippen LogP contribution in [0.4, 0.5) is 11.4 Å². The first kappa shape index (κ1) is 9.90. The fourth-order valence-electron chi connectivity index (χ4n) is 1.43. The maximum absolute atomic E-state index is 3.37. The van der Waals surface area contributed by atoms with Gasteiger partial charge in [-0.15, -0.1) is 0 Å². The van der Waals surface area contributed by atoms with Crippen LogP contribution in [0.5, 0.6) is 0 Å². The first-order valence-electron chi connectivity index (χ1n) is 4.95. The van der Waals surface area contributed by atoms with Gasteiger partial charge >= 0.3 is 0 Å². The van der Waals surface area contributed by atoms with E-state index in [0.29, 0.717) is 0 Å². The Hall–Kier alpha value is -1.18. The van der Waals surface area contributed by atoms with Crippen molar-refractivity contribution < 1.29 is 0 Å². The van der Waals surface area contributed by atoms with Gasteiger partial charge in [-0.25, -0.2) is 0 Å². The summed E-state index contributed by atoms with van der Waals surface area (Å²) in [6.45, 7) is 8.17. The van der Waals surface area contributed by atoms with Crippen LogP contribution in [-0.4, -0.2) is 13.1 Å². The Kier molecular flexibility index (Phi) is 3.62. The van der Waals surface area contributed by atoms with Crippen molar-refractivity contribution in [1.29, 1.82) is 0 Å². The minimum Gasteiger partial charge on any atom is -0.382 e. The van der Waals surface area contributed by atoms with Gasteiger partial charge < -0.3 is 10.6 Å². The molecule has 1 aliphatic rings. The summed E-state index contributed by atoms with van der Waals surface area (Å²) in [6, 6.07) is 6.31. The van der Waals surface area contributed by atoms with E-state index in [-0.39, 0.29) is 0 Å². The minimum atomic E-state index is 1.02. The highest BCUT2D eigenvalue weighted by Gasteiger charge is 2.07. The Morgan fingerprint density at radius 3 is 2.46 bits per heavy atom. The molecule has 1 aromatic carbocycles. The monoisotopic (exact) mass is 178 g/mol. The Balaban J connectivity index is 0.000000396. The van der Waals surface area contributed by atoms with E-state index in [1.807, 2.05) is 13.8 Å². The van der Waals surface area contributed by atoms with Crippen LogP contribution in [0.3, 0.4) is 0 Å². The van der Waals surface area contributed by atoms with Gasteiger partial charge in [-0.3, -0.25) is 0 Å². The molecule has 0 aliphatic carbocycles. The third-order valence-corrected chi connectivity index (χ3v) is 2.02. The van der Waals surface area contributed by atoms with Gasteiger partial charge in [-0.1, -0.05) is 26.0 Å². The first-order chi connectivity index (χ1) is 6.38. The Morgan fingerprint density at radius 2 is 1.77 bits per heavy atom.